The number of piperidine rings is 1. The van der Waals surface area contributed by atoms with Crippen molar-refractivity contribution in [2.24, 2.45) is 0 Å². The van der Waals surface area contributed by atoms with Gasteiger partial charge in [-0.1, -0.05) is 6.42 Å². The van der Waals surface area contributed by atoms with Crippen molar-refractivity contribution in [1.82, 2.24) is 4.90 Å². The van der Waals surface area contributed by atoms with Crippen molar-refractivity contribution < 1.29 is 32.2 Å². The number of aryl methyl sites for hydroxylation is 1. The molecule has 2 rings (SSSR count). The van der Waals surface area contributed by atoms with Crippen molar-refractivity contribution in [3.8, 4) is 5.75 Å². The van der Waals surface area contributed by atoms with Crippen molar-refractivity contribution in [2.45, 2.75) is 44.9 Å². The second-order valence-corrected chi connectivity index (χ2v) is 6.13. The van der Waals surface area contributed by atoms with Crippen LogP contribution in [0.5, 0.6) is 5.75 Å². The molecule has 0 radical (unpaired) electrons. The molecule has 4 nitrogen and oxygen atoms in total. The van der Waals surface area contributed by atoms with Crippen LogP contribution in [-0.2, 0) is 17.5 Å². The van der Waals surface area contributed by atoms with Crippen LogP contribution in [0.25, 0.3) is 0 Å². The molecule has 140 valence electrons. The summed E-state index contributed by atoms with van der Waals surface area (Å²) >= 11 is 0. The molecular weight excluding hydrogens is 342 g/mol. The first-order valence-corrected chi connectivity index (χ1v) is 8.10. The monoisotopic (exact) mass is 363 g/mol. The Morgan fingerprint density at radius 1 is 1.36 bits per heavy atom. The van der Waals surface area contributed by atoms with E-state index in [0.29, 0.717) is 13.0 Å². The fourth-order valence-electron chi connectivity index (χ4n) is 3.12. The third kappa shape index (κ3) is 4.84. The van der Waals surface area contributed by atoms with Crippen LogP contribution in [0.2, 0.25) is 0 Å². The Balaban J connectivity index is 2.36. The number of rotatable bonds is 6. The van der Waals surface area contributed by atoms with E-state index in [1.54, 1.807) is 4.90 Å². The summed E-state index contributed by atoms with van der Waals surface area (Å²) in [7, 11) is 0. The molecule has 1 heterocycles. The highest BCUT2D eigenvalue weighted by Crippen LogP contribution is 2.36. The molecule has 1 N–H and O–H groups in total. The van der Waals surface area contributed by atoms with Gasteiger partial charge < -0.3 is 9.84 Å². The minimum absolute atomic E-state index is 0.0152. The number of hydrogen-bond donors (Lipinski definition) is 1. The topological polar surface area (TPSA) is 49.8 Å². The largest absolute Gasteiger partial charge is 0.491 e. The molecule has 1 aliphatic rings. The van der Waals surface area contributed by atoms with Gasteiger partial charge in [0, 0.05) is 12.1 Å². The van der Waals surface area contributed by atoms with Gasteiger partial charge in [0.05, 0.1) is 5.56 Å². The van der Waals surface area contributed by atoms with Gasteiger partial charge in [-0.2, -0.15) is 13.2 Å². The number of alkyl halides is 4. The number of benzene rings is 1. The smallest absolute Gasteiger partial charge is 0.416 e. The lowest BCUT2D eigenvalue weighted by Crippen LogP contribution is -2.44. The SMILES string of the molecule is Cc1cc(OCCF)c(CN2CCCC[C@H]2C(=O)O)cc1C(F)(F)F. The zero-order chi connectivity index (χ0) is 18.6. The fraction of sp³-hybridized carbons (Fsp3) is 0.588. The van der Waals surface area contributed by atoms with Gasteiger partial charge in [-0.15, -0.1) is 0 Å². The lowest BCUT2D eigenvalue weighted by atomic mass is 9.99. The third-order valence-corrected chi connectivity index (χ3v) is 4.32. The van der Waals surface area contributed by atoms with E-state index in [2.05, 4.69) is 0 Å². The number of hydrogen-bond acceptors (Lipinski definition) is 3. The number of nitrogens with zero attached hydrogens (tertiary/aromatic N) is 1. The lowest BCUT2D eigenvalue weighted by Gasteiger charge is -2.33. The Morgan fingerprint density at radius 3 is 2.68 bits per heavy atom. The number of ether oxygens (including phenoxy) is 1. The van der Waals surface area contributed by atoms with Crippen molar-refractivity contribution in [3.05, 3.63) is 28.8 Å². The van der Waals surface area contributed by atoms with Gasteiger partial charge in [-0.3, -0.25) is 9.69 Å². The molecule has 8 heteroatoms. The van der Waals surface area contributed by atoms with Gasteiger partial charge in [-0.25, -0.2) is 4.39 Å². The van der Waals surface area contributed by atoms with E-state index >= 15 is 0 Å². The van der Waals surface area contributed by atoms with Crippen LogP contribution in [-0.4, -0.2) is 41.8 Å². The van der Waals surface area contributed by atoms with Gasteiger partial charge in [0.2, 0.25) is 0 Å². The molecule has 0 amide bonds. The highest BCUT2D eigenvalue weighted by atomic mass is 19.4. The number of aliphatic carboxylic acids is 1. The van der Waals surface area contributed by atoms with E-state index in [0.717, 1.165) is 18.9 Å². The quantitative estimate of drug-likeness (QED) is 0.781. The van der Waals surface area contributed by atoms with E-state index in [1.165, 1.54) is 13.0 Å². The summed E-state index contributed by atoms with van der Waals surface area (Å²) in [5, 5.41) is 9.32. The normalized spacial score (nSPS) is 19.0. The zero-order valence-electron chi connectivity index (χ0n) is 13.9. The molecule has 0 aliphatic carbocycles. The molecule has 1 aromatic carbocycles. The van der Waals surface area contributed by atoms with Crippen LogP contribution in [0.1, 0.15) is 36.0 Å². The van der Waals surface area contributed by atoms with Crippen LogP contribution in [0.4, 0.5) is 17.6 Å². The molecule has 1 aliphatic heterocycles. The number of carbonyl (C=O) groups is 1. The van der Waals surface area contributed by atoms with Crippen molar-refractivity contribution in [3.63, 3.8) is 0 Å². The first-order valence-electron chi connectivity index (χ1n) is 8.10. The number of likely N-dealkylation sites (tertiary alicyclic amines) is 1. The second kappa shape index (κ2) is 8.03. The lowest BCUT2D eigenvalue weighted by molar-refractivity contribution is -0.145. The summed E-state index contributed by atoms with van der Waals surface area (Å²) < 4.78 is 57.2. The molecule has 0 unspecified atom stereocenters. The molecule has 1 atom stereocenters. The summed E-state index contributed by atoms with van der Waals surface area (Å²) in [5.41, 5.74) is -0.586. The molecule has 0 saturated carbocycles. The molecule has 25 heavy (non-hydrogen) atoms. The predicted octanol–water partition coefficient (Wildman–Crippen LogP) is 3.80. The predicted molar refractivity (Wildman–Crippen MR) is 83.3 cm³/mol. The standard InChI is InChI=1S/C17H21F4NO3/c1-11-8-15(25-7-5-18)12(9-13(11)17(19,20)21)10-22-6-3-2-4-14(22)16(23)24/h8-9,14H,2-7,10H2,1H3,(H,23,24)/t14-/m0/s1. The number of halogens is 4. The summed E-state index contributed by atoms with van der Waals surface area (Å²) in [4.78, 5) is 13.0. The zero-order valence-corrected chi connectivity index (χ0v) is 13.9. The van der Waals surface area contributed by atoms with Gasteiger partial charge in [0.25, 0.3) is 0 Å². The summed E-state index contributed by atoms with van der Waals surface area (Å²) in [6, 6.07) is 1.49. The Bertz CT molecular complexity index is 619. The molecule has 1 saturated heterocycles. The van der Waals surface area contributed by atoms with E-state index in [-0.39, 0.29) is 30.0 Å². The van der Waals surface area contributed by atoms with E-state index in [1.807, 2.05) is 0 Å². The molecule has 1 fully saturated rings. The van der Waals surface area contributed by atoms with E-state index < -0.39 is 30.4 Å². The number of carboxylic acids is 1. The molecule has 0 bridgehead atoms. The highest BCUT2D eigenvalue weighted by Gasteiger charge is 2.34. The Hall–Kier alpha value is -1.83. The van der Waals surface area contributed by atoms with Crippen molar-refractivity contribution in [1.29, 1.82) is 0 Å². The maximum absolute atomic E-state index is 13.2. The maximum atomic E-state index is 13.2. The minimum Gasteiger partial charge on any atom is -0.491 e. The molecular formula is C17H21F4NO3. The average Bonchev–Trinajstić information content (AvgIpc) is 2.53. The van der Waals surface area contributed by atoms with Crippen molar-refractivity contribution >= 4 is 5.97 Å². The van der Waals surface area contributed by atoms with E-state index in [4.69, 9.17) is 4.74 Å². The Labute approximate surface area is 143 Å². The fourth-order valence-corrected chi connectivity index (χ4v) is 3.12. The van der Waals surface area contributed by atoms with Gasteiger partial charge in [0.15, 0.2) is 0 Å². The van der Waals surface area contributed by atoms with Gasteiger partial charge >= 0.3 is 12.1 Å². The van der Waals surface area contributed by atoms with Gasteiger partial charge in [-0.05, 0) is 44.0 Å². The first kappa shape index (κ1) is 19.5. The van der Waals surface area contributed by atoms with Crippen molar-refractivity contribution in [2.75, 3.05) is 19.8 Å². The first-order chi connectivity index (χ1) is 11.7. The maximum Gasteiger partial charge on any atom is 0.416 e. The van der Waals surface area contributed by atoms with Crippen LogP contribution in [0.15, 0.2) is 12.1 Å². The van der Waals surface area contributed by atoms with Crippen LogP contribution >= 0.6 is 0 Å². The van der Waals surface area contributed by atoms with Crippen LogP contribution in [0, 0.1) is 6.92 Å². The Morgan fingerprint density at radius 2 is 2.08 bits per heavy atom. The molecule has 1 aromatic rings. The summed E-state index contributed by atoms with van der Waals surface area (Å²) in [6.07, 6.45) is -2.53. The third-order valence-electron chi connectivity index (χ3n) is 4.32. The molecule has 0 aromatic heterocycles. The minimum atomic E-state index is -4.52. The summed E-state index contributed by atoms with van der Waals surface area (Å²) in [6.45, 7) is 0.785. The van der Waals surface area contributed by atoms with Gasteiger partial charge in [0.1, 0.15) is 25.1 Å². The van der Waals surface area contributed by atoms with Crippen LogP contribution < -0.4 is 4.74 Å². The summed E-state index contributed by atoms with van der Waals surface area (Å²) in [5.74, 6) is -0.827. The average molecular weight is 363 g/mol. The van der Waals surface area contributed by atoms with E-state index in [9.17, 15) is 27.5 Å². The second-order valence-electron chi connectivity index (χ2n) is 6.13. The Kier molecular flexibility index (Phi) is 6.26. The highest BCUT2D eigenvalue weighted by molar-refractivity contribution is 5.73. The molecule has 0 spiro atoms. The van der Waals surface area contributed by atoms with Crippen LogP contribution in [0.3, 0.4) is 0 Å². The number of carboxylic acid groups (broad SMARTS) is 1.